The number of benzene rings is 1. The standard InChI is InChI=1S/C17H24IN3/c1-4-9-19-17(13-7-6-8-14(18)10-13)12-16-11-15(5-2)20-21(16)3/h6-8,10-11,17,19H,4-5,9,12H2,1-3H3. The van der Waals surface area contributed by atoms with E-state index in [0.717, 1.165) is 25.8 Å². The van der Waals surface area contributed by atoms with E-state index in [-0.39, 0.29) is 0 Å². The van der Waals surface area contributed by atoms with Crippen LogP contribution in [0.5, 0.6) is 0 Å². The lowest BCUT2D eigenvalue weighted by Gasteiger charge is -2.19. The predicted molar refractivity (Wildman–Crippen MR) is 96.5 cm³/mol. The average molecular weight is 397 g/mol. The highest BCUT2D eigenvalue weighted by Crippen LogP contribution is 2.21. The highest BCUT2D eigenvalue weighted by Gasteiger charge is 2.15. The summed E-state index contributed by atoms with van der Waals surface area (Å²) in [6.45, 7) is 5.39. The van der Waals surface area contributed by atoms with Crippen molar-refractivity contribution < 1.29 is 0 Å². The molecule has 1 N–H and O–H groups in total. The lowest BCUT2D eigenvalue weighted by Crippen LogP contribution is -2.25. The molecule has 0 amide bonds. The van der Waals surface area contributed by atoms with E-state index in [2.05, 4.69) is 77.2 Å². The Labute approximate surface area is 141 Å². The fourth-order valence-corrected chi connectivity index (χ4v) is 3.06. The van der Waals surface area contributed by atoms with Crippen LogP contribution in [0.4, 0.5) is 0 Å². The number of hydrogen-bond donors (Lipinski definition) is 1. The number of nitrogens with zero attached hydrogens (tertiary/aromatic N) is 2. The van der Waals surface area contributed by atoms with Gasteiger partial charge in [0.25, 0.3) is 0 Å². The molecule has 1 atom stereocenters. The van der Waals surface area contributed by atoms with Gasteiger partial charge in [-0.05, 0) is 65.7 Å². The highest BCUT2D eigenvalue weighted by atomic mass is 127. The van der Waals surface area contributed by atoms with Gasteiger partial charge in [-0.2, -0.15) is 5.10 Å². The zero-order valence-corrected chi connectivity index (χ0v) is 15.2. The van der Waals surface area contributed by atoms with Crippen LogP contribution >= 0.6 is 22.6 Å². The molecule has 0 aliphatic rings. The van der Waals surface area contributed by atoms with E-state index in [1.807, 2.05) is 11.7 Å². The second kappa shape index (κ2) is 7.94. The van der Waals surface area contributed by atoms with E-state index in [4.69, 9.17) is 0 Å². The molecule has 4 heteroatoms. The summed E-state index contributed by atoms with van der Waals surface area (Å²) < 4.78 is 3.31. The van der Waals surface area contributed by atoms with Crippen molar-refractivity contribution in [2.45, 2.75) is 39.2 Å². The van der Waals surface area contributed by atoms with E-state index in [9.17, 15) is 0 Å². The molecule has 0 radical (unpaired) electrons. The van der Waals surface area contributed by atoms with Crippen molar-refractivity contribution in [3.8, 4) is 0 Å². The third-order valence-corrected chi connectivity index (χ3v) is 4.37. The van der Waals surface area contributed by atoms with Crippen LogP contribution in [-0.2, 0) is 19.9 Å². The Bertz CT molecular complexity index is 577. The molecule has 0 bridgehead atoms. The molecule has 114 valence electrons. The largest absolute Gasteiger partial charge is 0.310 e. The zero-order valence-electron chi connectivity index (χ0n) is 13.1. The van der Waals surface area contributed by atoms with Gasteiger partial charge in [-0.25, -0.2) is 0 Å². The molecule has 1 aromatic carbocycles. The number of aryl methyl sites for hydroxylation is 2. The van der Waals surface area contributed by atoms with Crippen molar-refractivity contribution in [2.24, 2.45) is 7.05 Å². The molecule has 0 aliphatic carbocycles. The zero-order chi connectivity index (χ0) is 15.2. The van der Waals surface area contributed by atoms with Gasteiger partial charge in [0.1, 0.15) is 0 Å². The summed E-state index contributed by atoms with van der Waals surface area (Å²) in [4.78, 5) is 0. The second-order valence-corrected chi connectivity index (χ2v) is 6.62. The van der Waals surface area contributed by atoms with Crippen LogP contribution < -0.4 is 5.32 Å². The minimum absolute atomic E-state index is 0.347. The molecular weight excluding hydrogens is 373 g/mol. The quantitative estimate of drug-likeness (QED) is 0.719. The van der Waals surface area contributed by atoms with E-state index in [0.29, 0.717) is 6.04 Å². The van der Waals surface area contributed by atoms with Gasteiger partial charge in [-0.3, -0.25) is 4.68 Å². The molecule has 1 heterocycles. The molecule has 0 saturated heterocycles. The van der Waals surface area contributed by atoms with Crippen molar-refractivity contribution in [2.75, 3.05) is 6.54 Å². The number of aromatic nitrogens is 2. The van der Waals surface area contributed by atoms with Crippen molar-refractivity contribution >= 4 is 22.6 Å². The molecule has 1 unspecified atom stereocenters. The molecular formula is C17H24IN3. The topological polar surface area (TPSA) is 29.9 Å². The Kier molecular flexibility index (Phi) is 6.23. The molecule has 1 aromatic heterocycles. The van der Waals surface area contributed by atoms with Crippen molar-refractivity contribution in [1.82, 2.24) is 15.1 Å². The first kappa shape index (κ1) is 16.5. The Balaban J connectivity index is 2.21. The molecule has 2 rings (SSSR count). The number of nitrogens with one attached hydrogen (secondary N) is 1. The van der Waals surface area contributed by atoms with E-state index >= 15 is 0 Å². The molecule has 0 fully saturated rings. The monoisotopic (exact) mass is 397 g/mol. The molecule has 0 saturated carbocycles. The van der Waals surface area contributed by atoms with Crippen molar-refractivity contribution in [3.63, 3.8) is 0 Å². The maximum atomic E-state index is 4.56. The number of halogens is 1. The molecule has 2 aromatic rings. The maximum absolute atomic E-state index is 4.56. The second-order valence-electron chi connectivity index (χ2n) is 5.37. The SMILES string of the molecule is CCCNC(Cc1cc(CC)nn1C)c1cccc(I)c1. The lowest BCUT2D eigenvalue weighted by atomic mass is 10.0. The molecule has 0 spiro atoms. The molecule has 21 heavy (non-hydrogen) atoms. The van der Waals surface area contributed by atoms with Crippen molar-refractivity contribution in [3.05, 3.63) is 50.9 Å². The van der Waals surface area contributed by atoms with Crippen molar-refractivity contribution in [1.29, 1.82) is 0 Å². The van der Waals surface area contributed by atoms with Crippen LogP contribution in [0.1, 0.15) is 43.3 Å². The van der Waals surface area contributed by atoms with Crippen LogP contribution in [0, 0.1) is 3.57 Å². The summed E-state index contributed by atoms with van der Waals surface area (Å²) in [5.41, 5.74) is 3.82. The first-order valence-corrected chi connectivity index (χ1v) is 8.72. The number of hydrogen-bond acceptors (Lipinski definition) is 2. The smallest absolute Gasteiger partial charge is 0.0624 e. The summed E-state index contributed by atoms with van der Waals surface area (Å²) >= 11 is 2.38. The summed E-state index contributed by atoms with van der Waals surface area (Å²) in [6.07, 6.45) is 3.11. The van der Waals surface area contributed by atoms with Gasteiger partial charge in [0.2, 0.25) is 0 Å². The first-order chi connectivity index (χ1) is 10.1. The van der Waals surface area contributed by atoms with Gasteiger partial charge in [0, 0.05) is 28.8 Å². The van der Waals surface area contributed by atoms with Gasteiger partial charge < -0.3 is 5.32 Å². The van der Waals surface area contributed by atoms with Crippen LogP contribution in [0.3, 0.4) is 0 Å². The fourth-order valence-electron chi connectivity index (χ4n) is 2.49. The number of rotatable bonds is 7. The van der Waals surface area contributed by atoms with Crippen LogP contribution in [-0.4, -0.2) is 16.3 Å². The Morgan fingerprint density at radius 2 is 2.10 bits per heavy atom. The summed E-state index contributed by atoms with van der Waals surface area (Å²) in [7, 11) is 2.04. The normalized spacial score (nSPS) is 12.6. The molecule has 3 nitrogen and oxygen atoms in total. The average Bonchev–Trinajstić information content (AvgIpc) is 2.83. The summed E-state index contributed by atoms with van der Waals surface area (Å²) in [5, 5.41) is 8.23. The lowest BCUT2D eigenvalue weighted by molar-refractivity contribution is 0.512. The third kappa shape index (κ3) is 4.54. The van der Waals surface area contributed by atoms with E-state index < -0.39 is 0 Å². The Morgan fingerprint density at radius 3 is 2.71 bits per heavy atom. The van der Waals surface area contributed by atoms with E-state index in [1.165, 1.54) is 20.5 Å². The van der Waals surface area contributed by atoms with Gasteiger partial charge in [-0.15, -0.1) is 0 Å². The summed E-state index contributed by atoms with van der Waals surface area (Å²) in [5.74, 6) is 0. The van der Waals surface area contributed by atoms with E-state index in [1.54, 1.807) is 0 Å². The Hall–Kier alpha value is -0.880. The minimum atomic E-state index is 0.347. The van der Waals surface area contributed by atoms with Gasteiger partial charge in [0.15, 0.2) is 0 Å². The molecule has 0 aliphatic heterocycles. The van der Waals surface area contributed by atoms with Crippen LogP contribution in [0.25, 0.3) is 0 Å². The van der Waals surface area contributed by atoms with Gasteiger partial charge >= 0.3 is 0 Å². The third-order valence-electron chi connectivity index (χ3n) is 3.69. The minimum Gasteiger partial charge on any atom is -0.310 e. The predicted octanol–water partition coefficient (Wildman–Crippen LogP) is 3.87. The van der Waals surface area contributed by atoms with Gasteiger partial charge in [0.05, 0.1) is 5.69 Å². The Morgan fingerprint density at radius 1 is 1.29 bits per heavy atom. The highest BCUT2D eigenvalue weighted by molar-refractivity contribution is 14.1. The van der Waals surface area contributed by atoms with Crippen LogP contribution in [0.2, 0.25) is 0 Å². The van der Waals surface area contributed by atoms with Gasteiger partial charge in [-0.1, -0.05) is 26.0 Å². The maximum Gasteiger partial charge on any atom is 0.0624 e. The van der Waals surface area contributed by atoms with Crippen LogP contribution in [0.15, 0.2) is 30.3 Å². The fraction of sp³-hybridized carbons (Fsp3) is 0.471. The first-order valence-electron chi connectivity index (χ1n) is 7.64. The summed E-state index contributed by atoms with van der Waals surface area (Å²) in [6, 6.07) is 11.3.